The van der Waals surface area contributed by atoms with Gasteiger partial charge in [-0.05, 0) is 49.2 Å². The lowest BCUT2D eigenvalue weighted by Crippen LogP contribution is -2.55. The number of benzene rings is 2. The molecule has 2 aliphatic heterocycles. The van der Waals surface area contributed by atoms with Gasteiger partial charge in [-0.1, -0.05) is 25.0 Å². The van der Waals surface area contributed by atoms with Crippen LogP contribution in [0, 0.1) is 5.41 Å². The van der Waals surface area contributed by atoms with E-state index in [1.165, 1.54) is 31.4 Å². The first-order chi connectivity index (χ1) is 16.1. The van der Waals surface area contributed by atoms with E-state index < -0.39 is 0 Å². The lowest BCUT2D eigenvalue weighted by atomic mass is 9.78. The molecule has 172 valence electrons. The molecule has 1 aliphatic carbocycles. The second kappa shape index (κ2) is 9.25. The highest BCUT2D eigenvalue weighted by Gasteiger charge is 2.44. The molecule has 2 aromatic carbocycles. The van der Waals surface area contributed by atoms with Crippen molar-refractivity contribution >= 4 is 29.5 Å². The molecule has 0 radical (unpaired) electrons. The van der Waals surface area contributed by atoms with Crippen molar-refractivity contribution in [2.24, 2.45) is 10.4 Å². The Morgan fingerprint density at radius 3 is 2.45 bits per heavy atom. The zero-order valence-electron chi connectivity index (χ0n) is 18.9. The van der Waals surface area contributed by atoms with Gasteiger partial charge >= 0.3 is 0 Å². The van der Waals surface area contributed by atoms with E-state index in [-0.39, 0.29) is 11.8 Å². The normalized spacial score (nSPS) is 21.2. The Bertz CT molecular complexity index is 1030. The maximum Gasteiger partial charge on any atom is 0.253 e. The molecule has 1 saturated heterocycles. The number of rotatable bonds is 2. The number of para-hydroxylation sites is 1. The fourth-order valence-electron chi connectivity index (χ4n) is 5.26. The molecule has 1 spiro atoms. The molecule has 7 nitrogen and oxygen atoms in total. The lowest BCUT2D eigenvalue weighted by molar-refractivity contribution is 0.0751. The molecular weight excluding hydrogens is 414 g/mol. The smallest absolute Gasteiger partial charge is 0.253 e. The van der Waals surface area contributed by atoms with Crippen LogP contribution in [0.3, 0.4) is 0 Å². The number of anilines is 1. The van der Waals surface area contributed by atoms with Gasteiger partial charge in [-0.15, -0.1) is 0 Å². The molecule has 0 aromatic heterocycles. The number of carbonyl (C=O) groups is 2. The van der Waals surface area contributed by atoms with Crippen LogP contribution < -0.4 is 15.5 Å². The maximum atomic E-state index is 13.2. The van der Waals surface area contributed by atoms with Gasteiger partial charge in [0.15, 0.2) is 0 Å². The molecule has 2 amide bonds. The van der Waals surface area contributed by atoms with Gasteiger partial charge in [-0.25, -0.2) is 4.99 Å². The fourth-order valence-corrected chi connectivity index (χ4v) is 5.26. The Morgan fingerprint density at radius 2 is 1.67 bits per heavy atom. The van der Waals surface area contributed by atoms with Gasteiger partial charge in [0.05, 0.1) is 17.6 Å². The van der Waals surface area contributed by atoms with Crippen molar-refractivity contribution in [3.8, 4) is 0 Å². The molecule has 2 heterocycles. The monoisotopic (exact) mass is 445 g/mol. The summed E-state index contributed by atoms with van der Waals surface area (Å²) in [7, 11) is 0. The molecule has 1 saturated carbocycles. The molecule has 0 unspecified atom stereocenters. The highest BCUT2D eigenvalue weighted by atomic mass is 16.2. The highest BCUT2D eigenvalue weighted by Crippen LogP contribution is 2.46. The maximum absolute atomic E-state index is 13.2. The molecule has 2 N–H and O–H groups in total. The summed E-state index contributed by atoms with van der Waals surface area (Å²) in [6.07, 6.45) is 7.04. The second-order valence-corrected chi connectivity index (χ2v) is 9.39. The van der Waals surface area contributed by atoms with Crippen LogP contribution in [0.2, 0.25) is 0 Å². The van der Waals surface area contributed by atoms with Crippen molar-refractivity contribution in [2.75, 3.05) is 44.2 Å². The van der Waals surface area contributed by atoms with Gasteiger partial charge in [0.25, 0.3) is 11.8 Å². The second-order valence-electron chi connectivity index (χ2n) is 9.39. The van der Waals surface area contributed by atoms with E-state index in [0.29, 0.717) is 48.4 Å². The number of hydrogen-bond donors (Lipinski definition) is 2. The summed E-state index contributed by atoms with van der Waals surface area (Å²) in [4.78, 5) is 34.3. The Hall–Kier alpha value is -3.35. The molecule has 7 heteroatoms. The number of amides is 2. The van der Waals surface area contributed by atoms with E-state index in [9.17, 15) is 9.59 Å². The van der Waals surface area contributed by atoms with E-state index in [2.05, 4.69) is 32.7 Å². The molecule has 2 fully saturated rings. The first-order valence-corrected chi connectivity index (χ1v) is 11.9. The van der Waals surface area contributed by atoms with Gasteiger partial charge < -0.3 is 20.4 Å². The van der Waals surface area contributed by atoms with Crippen LogP contribution in [0.15, 0.2) is 53.5 Å². The molecule has 3 aliphatic rings. The number of carbonyl (C=O) groups excluding carboxylic acids is 2. The van der Waals surface area contributed by atoms with Crippen molar-refractivity contribution in [3.63, 3.8) is 0 Å². The largest absolute Gasteiger partial charge is 0.374 e. The minimum Gasteiger partial charge on any atom is -0.374 e. The summed E-state index contributed by atoms with van der Waals surface area (Å²) >= 11 is 0. The summed E-state index contributed by atoms with van der Waals surface area (Å²) in [6, 6.07) is 15.2. The summed E-state index contributed by atoms with van der Waals surface area (Å²) in [5.41, 5.74) is 3.57. The molecule has 2 aromatic rings. The summed E-state index contributed by atoms with van der Waals surface area (Å²) < 4.78 is 0. The van der Waals surface area contributed by atoms with Gasteiger partial charge in [-0.3, -0.25) is 9.59 Å². The summed E-state index contributed by atoms with van der Waals surface area (Å²) in [6.45, 7) is 4.22. The molecule has 5 rings (SSSR count). The number of aliphatic imine (C=N–C) groups is 1. The zero-order valence-corrected chi connectivity index (χ0v) is 18.9. The van der Waals surface area contributed by atoms with Crippen molar-refractivity contribution in [1.82, 2.24) is 15.5 Å². The Labute approximate surface area is 194 Å². The van der Waals surface area contributed by atoms with Crippen LogP contribution in [0.4, 0.5) is 11.4 Å². The summed E-state index contributed by atoms with van der Waals surface area (Å²) in [5, 5.41) is 6.06. The van der Waals surface area contributed by atoms with E-state index in [0.717, 1.165) is 13.1 Å². The summed E-state index contributed by atoms with van der Waals surface area (Å²) in [5.74, 6) is -0.211. The third-order valence-corrected chi connectivity index (χ3v) is 7.12. The fraction of sp³-hybridized carbons (Fsp3) is 0.423. The lowest BCUT2D eigenvalue weighted by Gasteiger charge is -2.49. The Kier molecular flexibility index (Phi) is 6.03. The van der Waals surface area contributed by atoms with Crippen molar-refractivity contribution < 1.29 is 9.59 Å². The van der Waals surface area contributed by atoms with Crippen molar-refractivity contribution in [3.05, 3.63) is 59.7 Å². The number of nitrogens with one attached hydrogen (secondary N) is 2. The minimum atomic E-state index is -0.186. The Balaban J connectivity index is 1.22. The van der Waals surface area contributed by atoms with Crippen molar-refractivity contribution in [1.29, 1.82) is 0 Å². The van der Waals surface area contributed by atoms with Gasteiger partial charge in [0.2, 0.25) is 0 Å². The van der Waals surface area contributed by atoms with Crippen LogP contribution in [0.1, 0.15) is 46.4 Å². The van der Waals surface area contributed by atoms with Crippen LogP contribution in [0.5, 0.6) is 0 Å². The molecule has 0 bridgehead atoms. The van der Waals surface area contributed by atoms with E-state index in [1.807, 2.05) is 30.3 Å². The highest BCUT2D eigenvalue weighted by molar-refractivity contribution is 5.99. The third-order valence-electron chi connectivity index (χ3n) is 7.12. The molecule has 33 heavy (non-hydrogen) atoms. The van der Waals surface area contributed by atoms with E-state index in [4.69, 9.17) is 0 Å². The standard InChI is InChI=1S/C26H31N5O2/c32-24-22-5-1-2-6-23(22)29-19-27-13-15-30(16-14-28-24)25(33)20-7-9-21(10-8-20)31-17-26(18-31)11-3-4-12-26/h1-2,5-10,19H,3-4,11-18H2,(H,27,29)(H,28,32). The SMILES string of the molecule is O=C1NCCN(C(=O)c2ccc(N3CC4(CCCC4)C3)cc2)CCN/C=N/c2ccccc21. The third kappa shape index (κ3) is 4.58. The van der Waals surface area contributed by atoms with Crippen LogP contribution in [-0.2, 0) is 0 Å². The van der Waals surface area contributed by atoms with Crippen LogP contribution in [0.25, 0.3) is 0 Å². The molecular formula is C26H31N5O2. The first kappa shape index (κ1) is 21.5. The molecule has 0 atom stereocenters. The minimum absolute atomic E-state index is 0.0251. The van der Waals surface area contributed by atoms with Gasteiger partial charge in [0.1, 0.15) is 0 Å². The number of fused-ring (bicyclic) bond motifs is 1. The average Bonchev–Trinajstić information content (AvgIpc) is 3.31. The number of hydrogen-bond acceptors (Lipinski definition) is 5. The predicted molar refractivity (Wildman–Crippen MR) is 130 cm³/mol. The van der Waals surface area contributed by atoms with Crippen LogP contribution in [-0.4, -0.2) is 62.3 Å². The first-order valence-electron chi connectivity index (χ1n) is 11.9. The Morgan fingerprint density at radius 1 is 0.939 bits per heavy atom. The average molecular weight is 446 g/mol. The quantitative estimate of drug-likeness (QED) is 0.744. The zero-order chi connectivity index (χ0) is 22.7. The van der Waals surface area contributed by atoms with Gasteiger partial charge in [0, 0.05) is 55.9 Å². The van der Waals surface area contributed by atoms with Gasteiger partial charge in [-0.2, -0.15) is 0 Å². The topological polar surface area (TPSA) is 77.0 Å². The predicted octanol–water partition coefficient (Wildman–Crippen LogP) is 3.20. The van der Waals surface area contributed by atoms with E-state index in [1.54, 1.807) is 17.3 Å². The van der Waals surface area contributed by atoms with Crippen LogP contribution >= 0.6 is 0 Å². The number of nitrogens with zero attached hydrogens (tertiary/aromatic N) is 3. The van der Waals surface area contributed by atoms with E-state index >= 15 is 0 Å². The van der Waals surface area contributed by atoms with Crippen molar-refractivity contribution in [2.45, 2.75) is 25.7 Å².